The summed E-state index contributed by atoms with van der Waals surface area (Å²) in [6, 6.07) is 8.28. The van der Waals surface area contributed by atoms with E-state index >= 15 is 0 Å². The van der Waals surface area contributed by atoms with E-state index in [1.165, 1.54) is 6.26 Å². The molecule has 8 nitrogen and oxygen atoms in total. The number of benzene rings is 1. The Morgan fingerprint density at radius 3 is 2.39 bits per heavy atom. The number of methoxy groups -OCH3 is 2. The third-order valence-corrected chi connectivity index (χ3v) is 4.91. The summed E-state index contributed by atoms with van der Waals surface area (Å²) in [5, 5.41) is 2.91. The monoisotopic (exact) mass is 387 g/mol. The summed E-state index contributed by atoms with van der Waals surface area (Å²) in [4.78, 5) is 28.8. The molecule has 0 aliphatic carbocycles. The number of nitrogens with zero attached hydrogens (tertiary/aromatic N) is 2. The van der Waals surface area contributed by atoms with Crippen molar-refractivity contribution in [2.45, 2.75) is 13.0 Å². The fourth-order valence-corrected chi connectivity index (χ4v) is 3.19. The molecule has 0 spiro atoms. The second-order valence-corrected chi connectivity index (χ2v) is 6.54. The van der Waals surface area contributed by atoms with E-state index in [2.05, 4.69) is 10.2 Å². The van der Waals surface area contributed by atoms with E-state index in [0.29, 0.717) is 49.1 Å². The van der Waals surface area contributed by atoms with Crippen LogP contribution < -0.4 is 14.8 Å². The molecular weight excluding hydrogens is 362 g/mol. The number of hydrogen-bond acceptors (Lipinski definition) is 6. The van der Waals surface area contributed by atoms with E-state index in [1.807, 2.05) is 6.92 Å². The third kappa shape index (κ3) is 4.28. The van der Waals surface area contributed by atoms with Gasteiger partial charge in [0, 0.05) is 37.9 Å². The van der Waals surface area contributed by atoms with Crippen LogP contribution in [0.4, 0.5) is 5.69 Å². The van der Waals surface area contributed by atoms with Gasteiger partial charge < -0.3 is 24.1 Å². The number of rotatable bonds is 6. The van der Waals surface area contributed by atoms with Gasteiger partial charge in [-0.25, -0.2) is 0 Å². The van der Waals surface area contributed by atoms with Gasteiger partial charge in [-0.3, -0.25) is 14.5 Å². The van der Waals surface area contributed by atoms with Gasteiger partial charge in [0.15, 0.2) is 17.3 Å². The minimum absolute atomic E-state index is 0.113. The Bertz CT molecular complexity index is 813. The molecule has 1 N–H and O–H groups in total. The normalized spacial score (nSPS) is 15.8. The lowest BCUT2D eigenvalue weighted by Gasteiger charge is -2.37. The highest BCUT2D eigenvalue weighted by Gasteiger charge is 2.28. The molecule has 3 rings (SSSR count). The molecule has 1 fully saturated rings. The second-order valence-electron chi connectivity index (χ2n) is 6.54. The van der Waals surface area contributed by atoms with Crippen LogP contribution in [0.1, 0.15) is 17.5 Å². The van der Waals surface area contributed by atoms with E-state index < -0.39 is 0 Å². The van der Waals surface area contributed by atoms with Crippen molar-refractivity contribution in [2.75, 3.05) is 45.7 Å². The van der Waals surface area contributed by atoms with Crippen molar-refractivity contribution in [3.8, 4) is 11.5 Å². The Balaban J connectivity index is 1.55. The number of anilines is 1. The molecule has 8 heteroatoms. The molecule has 1 aliphatic heterocycles. The SMILES string of the molecule is COc1ccc(NC(=O)[C@H](C)N2CCN(C(=O)c3ccco3)CC2)cc1OC. The molecule has 0 bridgehead atoms. The van der Waals surface area contributed by atoms with Gasteiger partial charge in [0.05, 0.1) is 26.5 Å². The van der Waals surface area contributed by atoms with Gasteiger partial charge in [-0.1, -0.05) is 0 Å². The lowest BCUT2D eigenvalue weighted by molar-refractivity contribution is -0.121. The summed E-state index contributed by atoms with van der Waals surface area (Å²) >= 11 is 0. The first-order valence-electron chi connectivity index (χ1n) is 9.13. The summed E-state index contributed by atoms with van der Waals surface area (Å²) in [6.07, 6.45) is 1.49. The molecule has 2 heterocycles. The van der Waals surface area contributed by atoms with Crippen LogP contribution >= 0.6 is 0 Å². The number of carbonyl (C=O) groups is 2. The van der Waals surface area contributed by atoms with Crippen LogP contribution in [0.2, 0.25) is 0 Å². The van der Waals surface area contributed by atoms with Gasteiger partial charge >= 0.3 is 0 Å². The topological polar surface area (TPSA) is 84.3 Å². The number of carbonyl (C=O) groups excluding carboxylic acids is 2. The smallest absolute Gasteiger partial charge is 0.289 e. The van der Waals surface area contributed by atoms with Crippen molar-refractivity contribution < 1.29 is 23.5 Å². The van der Waals surface area contributed by atoms with Crippen molar-refractivity contribution in [1.82, 2.24) is 9.80 Å². The van der Waals surface area contributed by atoms with Crippen LogP contribution in [0.15, 0.2) is 41.0 Å². The molecule has 28 heavy (non-hydrogen) atoms. The number of amides is 2. The van der Waals surface area contributed by atoms with E-state index in [-0.39, 0.29) is 17.9 Å². The standard InChI is InChI=1S/C20H25N3O5/c1-14(19(24)21-15-6-7-16(26-2)18(13-15)27-3)22-8-10-23(11-9-22)20(25)17-5-4-12-28-17/h4-7,12-14H,8-11H2,1-3H3,(H,21,24)/t14-/m0/s1. The van der Waals surface area contributed by atoms with Gasteiger partial charge in [0.25, 0.3) is 5.91 Å². The van der Waals surface area contributed by atoms with Crippen LogP contribution in [0.25, 0.3) is 0 Å². The molecule has 1 saturated heterocycles. The number of hydrogen-bond donors (Lipinski definition) is 1. The molecule has 0 saturated carbocycles. The number of piperazine rings is 1. The third-order valence-electron chi connectivity index (χ3n) is 4.91. The highest BCUT2D eigenvalue weighted by molar-refractivity contribution is 5.95. The lowest BCUT2D eigenvalue weighted by atomic mass is 10.2. The number of furan rings is 1. The predicted molar refractivity (Wildman–Crippen MR) is 104 cm³/mol. The average molecular weight is 387 g/mol. The summed E-state index contributed by atoms with van der Waals surface area (Å²) in [7, 11) is 3.12. The minimum atomic E-state index is -0.325. The Morgan fingerprint density at radius 2 is 1.79 bits per heavy atom. The maximum absolute atomic E-state index is 12.6. The van der Waals surface area contributed by atoms with Crippen LogP contribution in [0.3, 0.4) is 0 Å². The largest absolute Gasteiger partial charge is 0.493 e. The summed E-state index contributed by atoms with van der Waals surface area (Å²) in [5.41, 5.74) is 0.640. The molecule has 1 aromatic carbocycles. The van der Waals surface area contributed by atoms with Crippen molar-refractivity contribution in [3.63, 3.8) is 0 Å². The van der Waals surface area contributed by atoms with Gasteiger partial charge in [-0.05, 0) is 31.2 Å². The predicted octanol–water partition coefficient (Wildman–Crippen LogP) is 2.08. The number of nitrogens with one attached hydrogen (secondary N) is 1. The average Bonchev–Trinajstić information content (AvgIpc) is 3.27. The highest BCUT2D eigenvalue weighted by atomic mass is 16.5. The quantitative estimate of drug-likeness (QED) is 0.817. The lowest BCUT2D eigenvalue weighted by Crippen LogP contribution is -2.54. The Hall–Kier alpha value is -3.00. The van der Waals surface area contributed by atoms with Gasteiger partial charge in [-0.2, -0.15) is 0 Å². The van der Waals surface area contributed by atoms with Crippen molar-refractivity contribution in [3.05, 3.63) is 42.4 Å². The fraction of sp³-hybridized carbons (Fsp3) is 0.400. The first kappa shape index (κ1) is 19.8. The number of ether oxygens (including phenoxy) is 2. The van der Waals surface area contributed by atoms with Crippen LogP contribution in [0.5, 0.6) is 11.5 Å². The van der Waals surface area contributed by atoms with Crippen LogP contribution in [-0.2, 0) is 4.79 Å². The zero-order valence-electron chi connectivity index (χ0n) is 16.3. The van der Waals surface area contributed by atoms with E-state index in [9.17, 15) is 9.59 Å². The second kappa shape index (κ2) is 8.79. The molecule has 0 radical (unpaired) electrons. The minimum Gasteiger partial charge on any atom is -0.493 e. The summed E-state index contributed by atoms with van der Waals surface area (Å²) in [6.45, 7) is 4.20. The zero-order chi connectivity index (χ0) is 20.1. The maximum Gasteiger partial charge on any atom is 0.289 e. The summed E-state index contributed by atoms with van der Waals surface area (Å²) < 4.78 is 15.7. The summed E-state index contributed by atoms with van der Waals surface area (Å²) in [5.74, 6) is 1.27. The van der Waals surface area contributed by atoms with E-state index in [1.54, 1.807) is 49.5 Å². The van der Waals surface area contributed by atoms with E-state index in [0.717, 1.165) is 0 Å². The molecule has 1 aromatic heterocycles. The molecule has 2 aromatic rings. The van der Waals surface area contributed by atoms with Crippen molar-refractivity contribution in [1.29, 1.82) is 0 Å². The Morgan fingerprint density at radius 1 is 1.07 bits per heavy atom. The Labute approximate surface area is 164 Å². The van der Waals surface area contributed by atoms with Crippen molar-refractivity contribution in [2.24, 2.45) is 0 Å². The molecule has 2 amide bonds. The first-order chi connectivity index (χ1) is 13.5. The Kier molecular flexibility index (Phi) is 6.20. The molecule has 1 aliphatic rings. The van der Waals surface area contributed by atoms with Crippen molar-refractivity contribution >= 4 is 17.5 Å². The molecule has 1 atom stereocenters. The molecule has 0 unspecified atom stereocenters. The van der Waals surface area contributed by atoms with E-state index in [4.69, 9.17) is 13.9 Å². The molecular formula is C20H25N3O5. The van der Waals surface area contributed by atoms with Crippen LogP contribution in [0, 0.1) is 0 Å². The van der Waals surface area contributed by atoms with Crippen LogP contribution in [-0.4, -0.2) is 68.1 Å². The molecule has 150 valence electrons. The van der Waals surface area contributed by atoms with Gasteiger partial charge in [0.1, 0.15) is 0 Å². The van der Waals surface area contributed by atoms with Gasteiger partial charge in [-0.15, -0.1) is 0 Å². The fourth-order valence-electron chi connectivity index (χ4n) is 3.19. The van der Waals surface area contributed by atoms with Gasteiger partial charge in [0.2, 0.25) is 5.91 Å². The maximum atomic E-state index is 12.6. The highest BCUT2D eigenvalue weighted by Crippen LogP contribution is 2.29. The first-order valence-corrected chi connectivity index (χ1v) is 9.13. The zero-order valence-corrected chi connectivity index (χ0v) is 16.3.